The minimum Gasteiger partial charge on any atom is -0.335 e. The second kappa shape index (κ2) is 8.26. The van der Waals surface area contributed by atoms with Gasteiger partial charge in [0.1, 0.15) is 23.1 Å². The van der Waals surface area contributed by atoms with Crippen molar-refractivity contribution >= 4 is 34.7 Å². The molecule has 0 radical (unpaired) electrons. The van der Waals surface area contributed by atoms with Gasteiger partial charge in [-0.05, 0) is 48.5 Å². The number of nitrogens with zero attached hydrogens (tertiary/aromatic N) is 1. The second-order valence-electron chi connectivity index (χ2n) is 5.86. The number of benzene rings is 2. The topological polar surface area (TPSA) is 83.1 Å². The highest BCUT2D eigenvalue weighted by Gasteiger charge is 2.12. The Balaban J connectivity index is 1.72. The molecule has 0 saturated carbocycles. The van der Waals surface area contributed by atoms with Crippen LogP contribution in [0.25, 0.3) is 0 Å². The van der Waals surface area contributed by atoms with Gasteiger partial charge in [0, 0.05) is 30.1 Å². The lowest BCUT2D eigenvalue weighted by Crippen LogP contribution is -2.13. The predicted molar refractivity (Wildman–Crippen MR) is 103 cm³/mol. The van der Waals surface area contributed by atoms with Crippen LogP contribution in [0.15, 0.2) is 60.8 Å². The molecule has 2 aromatic carbocycles. The molecule has 0 unspecified atom stereocenters. The number of hydrogen-bond donors (Lipinski definition) is 3. The maximum absolute atomic E-state index is 13.8. The van der Waals surface area contributed by atoms with E-state index in [1.165, 1.54) is 31.3 Å². The molecule has 3 aromatic rings. The molecule has 2 amide bonds. The van der Waals surface area contributed by atoms with Crippen molar-refractivity contribution < 1.29 is 18.4 Å². The van der Waals surface area contributed by atoms with E-state index >= 15 is 0 Å². The van der Waals surface area contributed by atoms with Gasteiger partial charge >= 0.3 is 0 Å². The Morgan fingerprint density at radius 3 is 2.11 bits per heavy atom. The number of anilines is 4. The van der Waals surface area contributed by atoms with Crippen LogP contribution < -0.4 is 16.0 Å². The summed E-state index contributed by atoms with van der Waals surface area (Å²) in [6.45, 7) is 1.40. The van der Waals surface area contributed by atoms with Gasteiger partial charge in [-0.1, -0.05) is 6.07 Å². The molecule has 6 nitrogen and oxygen atoms in total. The lowest BCUT2D eigenvalue weighted by molar-refractivity contribution is -0.114. The highest BCUT2D eigenvalue weighted by molar-refractivity contribution is 6.04. The van der Waals surface area contributed by atoms with Crippen molar-refractivity contribution in [2.75, 3.05) is 16.0 Å². The van der Waals surface area contributed by atoms with Crippen LogP contribution >= 0.6 is 0 Å². The summed E-state index contributed by atoms with van der Waals surface area (Å²) in [6, 6.07) is 12.9. The van der Waals surface area contributed by atoms with Crippen LogP contribution in [-0.4, -0.2) is 16.8 Å². The predicted octanol–water partition coefficient (Wildman–Crippen LogP) is 4.31. The lowest BCUT2D eigenvalue weighted by Gasteiger charge is -2.10. The Hall–Kier alpha value is -3.81. The first-order chi connectivity index (χ1) is 13.4. The highest BCUT2D eigenvalue weighted by atomic mass is 19.1. The molecule has 0 atom stereocenters. The number of aromatic nitrogens is 1. The number of halogens is 2. The second-order valence-corrected chi connectivity index (χ2v) is 5.86. The summed E-state index contributed by atoms with van der Waals surface area (Å²) in [7, 11) is 0. The SMILES string of the molecule is CC(=O)Nc1ccc(NC(=O)c2ccnc(Nc3c(F)cccc3F)c2)cc1. The molecule has 0 bridgehead atoms. The number of nitrogens with one attached hydrogen (secondary N) is 3. The van der Waals surface area contributed by atoms with Crippen LogP contribution in [0.5, 0.6) is 0 Å². The first-order valence-corrected chi connectivity index (χ1v) is 8.28. The lowest BCUT2D eigenvalue weighted by atomic mass is 10.2. The van der Waals surface area contributed by atoms with Crippen LogP contribution in [0.4, 0.5) is 31.7 Å². The van der Waals surface area contributed by atoms with E-state index in [9.17, 15) is 18.4 Å². The van der Waals surface area contributed by atoms with Gasteiger partial charge < -0.3 is 16.0 Å². The monoisotopic (exact) mass is 382 g/mol. The number of carbonyl (C=O) groups excluding carboxylic acids is 2. The summed E-state index contributed by atoms with van der Waals surface area (Å²) >= 11 is 0. The van der Waals surface area contributed by atoms with Crippen LogP contribution in [0, 0.1) is 11.6 Å². The zero-order valence-corrected chi connectivity index (χ0v) is 14.8. The van der Waals surface area contributed by atoms with Crippen LogP contribution in [0.2, 0.25) is 0 Å². The third kappa shape index (κ3) is 4.67. The van der Waals surface area contributed by atoms with E-state index in [1.54, 1.807) is 24.3 Å². The molecular weight excluding hydrogens is 366 g/mol. The van der Waals surface area contributed by atoms with E-state index in [2.05, 4.69) is 20.9 Å². The smallest absolute Gasteiger partial charge is 0.255 e. The molecule has 0 aliphatic carbocycles. The molecule has 0 aliphatic heterocycles. The fraction of sp³-hybridized carbons (Fsp3) is 0.0500. The number of rotatable bonds is 5. The van der Waals surface area contributed by atoms with E-state index in [-0.39, 0.29) is 23.0 Å². The van der Waals surface area contributed by atoms with E-state index in [0.717, 1.165) is 12.1 Å². The Labute approximate surface area is 159 Å². The molecule has 142 valence electrons. The molecule has 0 fully saturated rings. The number of pyridine rings is 1. The van der Waals surface area contributed by atoms with Gasteiger partial charge in [0.15, 0.2) is 0 Å². The summed E-state index contributed by atoms with van der Waals surface area (Å²) in [5.41, 5.74) is 1.03. The van der Waals surface area contributed by atoms with Crippen molar-refractivity contribution in [2.45, 2.75) is 6.92 Å². The average Bonchev–Trinajstić information content (AvgIpc) is 2.66. The molecule has 0 spiro atoms. The number of hydrogen-bond acceptors (Lipinski definition) is 4. The molecule has 0 saturated heterocycles. The van der Waals surface area contributed by atoms with E-state index < -0.39 is 17.5 Å². The molecule has 1 aromatic heterocycles. The fourth-order valence-corrected chi connectivity index (χ4v) is 2.43. The first kappa shape index (κ1) is 19.0. The standard InChI is InChI=1S/C20H16F2N4O2/c1-12(27)24-14-5-7-15(8-6-14)25-20(28)13-9-10-23-18(11-13)26-19-16(21)3-2-4-17(19)22/h2-11H,1H3,(H,23,26)(H,24,27)(H,25,28). The van der Waals surface area contributed by atoms with Crippen molar-refractivity contribution in [1.29, 1.82) is 0 Å². The minimum absolute atomic E-state index is 0.123. The van der Waals surface area contributed by atoms with Crippen molar-refractivity contribution in [1.82, 2.24) is 4.98 Å². The third-order valence-corrected chi connectivity index (χ3v) is 3.70. The summed E-state index contributed by atoms with van der Waals surface area (Å²) in [6.07, 6.45) is 1.36. The molecule has 3 rings (SSSR count). The van der Waals surface area contributed by atoms with Crippen LogP contribution in [-0.2, 0) is 4.79 Å². The summed E-state index contributed by atoms with van der Waals surface area (Å²) in [5.74, 6) is -2.03. The Bertz CT molecular complexity index is 1000. The van der Waals surface area contributed by atoms with Crippen molar-refractivity contribution in [3.8, 4) is 0 Å². The van der Waals surface area contributed by atoms with Gasteiger partial charge in [-0.2, -0.15) is 0 Å². The maximum atomic E-state index is 13.8. The van der Waals surface area contributed by atoms with Gasteiger partial charge in [-0.15, -0.1) is 0 Å². The van der Waals surface area contributed by atoms with Gasteiger partial charge in [0.25, 0.3) is 5.91 Å². The zero-order chi connectivity index (χ0) is 20.1. The Kier molecular flexibility index (Phi) is 5.59. The molecule has 3 N–H and O–H groups in total. The highest BCUT2D eigenvalue weighted by Crippen LogP contribution is 2.22. The Morgan fingerprint density at radius 1 is 0.893 bits per heavy atom. The number of carbonyl (C=O) groups is 2. The summed E-state index contributed by atoms with van der Waals surface area (Å²) < 4.78 is 27.5. The molecule has 8 heteroatoms. The molecule has 0 aliphatic rings. The summed E-state index contributed by atoms with van der Waals surface area (Å²) in [5, 5.41) is 7.87. The van der Waals surface area contributed by atoms with Crippen LogP contribution in [0.1, 0.15) is 17.3 Å². The third-order valence-electron chi connectivity index (χ3n) is 3.70. The van der Waals surface area contributed by atoms with Crippen molar-refractivity contribution in [2.24, 2.45) is 0 Å². The fourth-order valence-electron chi connectivity index (χ4n) is 2.43. The van der Waals surface area contributed by atoms with Gasteiger partial charge in [0.05, 0.1) is 0 Å². The summed E-state index contributed by atoms with van der Waals surface area (Å²) in [4.78, 5) is 27.4. The van der Waals surface area contributed by atoms with Crippen molar-refractivity contribution in [3.63, 3.8) is 0 Å². The Morgan fingerprint density at radius 2 is 1.50 bits per heavy atom. The quantitative estimate of drug-likeness (QED) is 0.614. The van der Waals surface area contributed by atoms with E-state index in [1.807, 2.05) is 0 Å². The number of para-hydroxylation sites is 1. The largest absolute Gasteiger partial charge is 0.335 e. The molecule has 1 heterocycles. The average molecular weight is 382 g/mol. The number of amides is 2. The van der Waals surface area contributed by atoms with Crippen molar-refractivity contribution in [3.05, 3.63) is 78.0 Å². The van der Waals surface area contributed by atoms with E-state index in [0.29, 0.717) is 11.4 Å². The van der Waals surface area contributed by atoms with E-state index in [4.69, 9.17) is 0 Å². The van der Waals surface area contributed by atoms with Gasteiger partial charge in [-0.25, -0.2) is 13.8 Å². The zero-order valence-electron chi connectivity index (χ0n) is 14.8. The molecule has 28 heavy (non-hydrogen) atoms. The molecular formula is C20H16F2N4O2. The maximum Gasteiger partial charge on any atom is 0.255 e. The first-order valence-electron chi connectivity index (χ1n) is 8.28. The minimum atomic E-state index is -0.768. The van der Waals surface area contributed by atoms with Gasteiger partial charge in [0.2, 0.25) is 5.91 Å². The normalized spacial score (nSPS) is 10.2. The van der Waals surface area contributed by atoms with Gasteiger partial charge in [-0.3, -0.25) is 9.59 Å². The van der Waals surface area contributed by atoms with Crippen LogP contribution in [0.3, 0.4) is 0 Å².